The third kappa shape index (κ3) is 1.69. The second kappa shape index (κ2) is 3.71. The van der Waals surface area contributed by atoms with Gasteiger partial charge in [0.25, 0.3) is 5.91 Å². The second-order valence-corrected chi connectivity index (χ2v) is 3.44. The number of carbonyl (C=O) groups excluding carboxylic acids is 1. The smallest absolute Gasteiger partial charge is 0.268 e. The summed E-state index contributed by atoms with van der Waals surface area (Å²) in [5.41, 5.74) is 0.637. The van der Waals surface area contributed by atoms with Gasteiger partial charge in [0.15, 0.2) is 0 Å². The van der Waals surface area contributed by atoms with Gasteiger partial charge in [0.05, 0.1) is 0 Å². The molecule has 2 aromatic carbocycles. The number of hydrogen-bond donors (Lipinski definition) is 1. The van der Waals surface area contributed by atoms with E-state index in [1.54, 1.807) is 13.1 Å². The molecule has 0 fully saturated rings. The van der Waals surface area contributed by atoms with Crippen LogP contribution in [0, 0.1) is 0 Å². The Bertz CT molecular complexity index is 500. The van der Waals surface area contributed by atoms with Gasteiger partial charge in [-0.25, -0.2) is 5.84 Å². The van der Waals surface area contributed by atoms with Crippen molar-refractivity contribution < 1.29 is 4.79 Å². The molecule has 0 saturated carbocycles. The topological polar surface area (TPSA) is 46.3 Å². The number of nitrogens with zero attached hydrogens (tertiary/aromatic N) is 1. The van der Waals surface area contributed by atoms with Crippen LogP contribution in [0.3, 0.4) is 0 Å². The molecule has 2 rings (SSSR count). The summed E-state index contributed by atoms with van der Waals surface area (Å²) < 4.78 is 0. The first-order chi connectivity index (χ1) is 7.20. The van der Waals surface area contributed by atoms with Crippen LogP contribution in [-0.4, -0.2) is 18.0 Å². The van der Waals surface area contributed by atoms with Crippen molar-refractivity contribution in [2.24, 2.45) is 5.84 Å². The van der Waals surface area contributed by atoms with E-state index in [2.05, 4.69) is 0 Å². The molecule has 0 atom stereocenters. The number of carbonyl (C=O) groups is 1. The molecule has 0 saturated heterocycles. The standard InChI is InChI=1S/C12H12N2O/c1-14(13)12(15)11-8-4-6-9-5-2-3-7-10(9)11/h2-8H,13H2,1H3. The third-order valence-electron chi connectivity index (χ3n) is 2.34. The third-order valence-corrected chi connectivity index (χ3v) is 2.34. The number of rotatable bonds is 1. The van der Waals surface area contributed by atoms with Crippen LogP contribution in [0.1, 0.15) is 10.4 Å². The van der Waals surface area contributed by atoms with Crippen molar-refractivity contribution in [1.29, 1.82) is 0 Å². The molecule has 15 heavy (non-hydrogen) atoms. The zero-order valence-corrected chi connectivity index (χ0v) is 8.47. The highest BCUT2D eigenvalue weighted by Crippen LogP contribution is 2.18. The highest BCUT2D eigenvalue weighted by Gasteiger charge is 2.11. The lowest BCUT2D eigenvalue weighted by Gasteiger charge is -2.11. The first-order valence-corrected chi connectivity index (χ1v) is 4.70. The van der Waals surface area contributed by atoms with E-state index < -0.39 is 0 Å². The maximum Gasteiger partial charge on any atom is 0.268 e. The molecule has 3 nitrogen and oxygen atoms in total. The number of fused-ring (bicyclic) bond motifs is 1. The largest absolute Gasteiger partial charge is 0.280 e. The lowest BCUT2D eigenvalue weighted by Crippen LogP contribution is -2.33. The predicted molar refractivity (Wildman–Crippen MR) is 60.2 cm³/mol. The van der Waals surface area contributed by atoms with E-state index in [4.69, 9.17) is 5.84 Å². The summed E-state index contributed by atoms with van der Waals surface area (Å²) in [7, 11) is 1.55. The van der Waals surface area contributed by atoms with Gasteiger partial charge in [0.2, 0.25) is 0 Å². The predicted octanol–water partition coefficient (Wildman–Crippen LogP) is 1.79. The van der Waals surface area contributed by atoms with Crippen molar-refractivity contribution in [3.63, 3.8) is 0 Å². The summed E-state index contributed by atoms with van der Waals surface area (Å²) in [5.74, 6) is 5.27. The quantitative estimate of drug-likeness (QED) is 0.433. The van der Waals surface area contributed by atoms with Gasteiger partial charge in [-0.15, -0.1) is 0 Å². The van der Waals surface area contributed by atoms with Crippen LogP contribution in [0.2, 0.25) is 0 Å². The zero-order chi connectivity index (χ0) is 10.8. The van der Waals surface area contributed by atoms with Crippen molar-refractivity contribution in [3.05, 3.63) is 48.0 Å². The first-order valence-electron chi connectivity index (χ1n) is 4.70. The molecule has 3 heteroatoms. The summed E-state index contributed by atoms with van der Waals surface area (Å²) in [6, 6.07) is 13.4. The Hall–Kier alpha value is -1.87. The SMILES string of the molecule is CN(N)C(=O)c1cccc2ccccc12. The molecule has 0 bridgehead atoms. The van der Waals surface area contributed by atoms with Gasteiger partial charge in [0.1, 0.15) is 0 Å². The molecule has 0 aliphatic rings. The summed E-state index contributed by atoms with van der Waals surface area (Å²) in [6.45, 7) is 0. The van der Waals surface area contributed by atoms with E-state index in [0.717, 1.165) is 15.8 Å². The minimum Gasteiger partial charge on any atom is -0.280 e. The molecule has 76 valence electrons. The summed E-state index contributed by atoms with van der Waals surface area (Å²) in [4.78, 5) is 11.8. The van der Waals surface area contributed by atoms with E-state index in [1.165, 1.54) is 0 Å². The summed E-state index contributed by atoms with van der Waals surface area (Å²) >= 11 is 0. The highest BCUT2D eigenvalue weighted by atomic mass is 16.2. The second-order valence-electron chi connectivity index (χ2n) is 3.44. The van der Waals surface area contributed by atoms with E-state index in [0.29, 0.717) is 5.56 Å². The lowest BCUT2D eigenvalue weighted by molar-refractivity contribution is 0.0797. The Kier molecular flexibility index (Phi) is 2.39. The van der Waals surface area contributed by atoms with Crippen molar-refractivity contribution >= 4 is 16.7 Å². The molecular formula is C12H12N2O. The van der Waals surface area contributed by atoms with Crippen LogP contribution in [-0.2, 0) is 0 Å². The van der Waals surface area contributed by atoms with Crippen molar-refractivity contribution in [1.82, 2.24) is 5.01 Å². The fourth-order valence-corrected chi connectivity index (χ4v) is 1.60. The molecule has 0 aliphatic heterocycles. The highest BCUT2D eigenvalue weighted by molar-refractivity contribution is 6.06. The van der Waals surface area contributed by atoms with Crippen LogP contribution in [0.25, 0.3) is 10.8 Å². The number of benzene rings is 2. The molecule has 0 spiro atoms. The monoisotopic (exact) mass is 200 g/mol. The average Bonchev–Trinajstić information content (AvgIpc) is 2.27. The van der Waals surface area contributed by atoms with Gasteiger partial charge in [-0.3, -0.25) is 9.80 Å². The number of amides is 1. The molecule has 0 aromatic heterocycles. The minimum atomic E-state index is -0.174. The molecule has 0 radical (unpaired) electrons. The Morgan fingerprint density at radius 3 is 2.53 bits per heavy atom. The van der Waals surface area contributed by atoms with Crippen LogP contribution in [0.15, 0.2) is 42.5 Å². The van der Waals surface area contributed by atoms with E-state index in [1.807, 2.05) is 36.4 Å². The van der Waals surface area contributed by atoms with Gasteiger partial charge in [-0.2, -0.15) is 0 Å². The maximum atomic E-state index is 11.8. The molecule has 0 heterocycles. The number of hydrazine groups is 1. The fourth-order valence-electron chi connectivity index (χ4n) is 1.60. The van der Waals surface area contributed by atoms with Gasteiger partial charge < -0.3 is 0 Å². The van der Waals surface area contributed by atoms with Gasteiger partial charge in [0, 0.05) is 12.6 Å². The van der Waals surface area contributed by atoms with E-state index >= 15 is 0 Å². The summed E-state index contributed by atoms with van der Waals surface area (Å²) in [5, 5.41) is 3.08. The molecule has 2 N–H and O–H groups in total. The minimum absolute atomic E-state index is 0.174. The van der Waals surface area contributed by atoms with Crippen LogP contribution in [0.4, 0.5) is 0 Å². The Morgan fingerprint density at radius 2 is 1.80 bits per heavy atom. The zero-order valence-electron chi connectivity index (χ0n) is 8.47. The molecule has 1 amide bonds. The Morgan fingerprint density at radius 1 is 1.13 bits per heavy atom. The summed E-state index contributed by atoms with van der Waals surface area (Å²) in [6.07, 6.45) is 0. The van der Waals surface area contributed by atoms with Gasteiger partial charge in [-0.1, -0.05) is 36.4 Å². The van der Waals surface area contributed by atoms with Crippen LogP contribution < -0.4 is 5.84 Å². The molecule has 0 unspecified atom stereocenters. The van der Waals surface area contributed by atoms with Crippen LogP contribution in [0.5, 0.6) is 0 Å². The Balaban J connectivity index is 2.66. The van der Waals surface area contributed by atoms with Gasteiger partial charge >= 0.3 is 0 Å². The normalized spacial score (nSPS) is 10.3. The van der Waals surface area contributed by atoms with Crippen molar-refractivity contribution in [3.8, 4) is 0 Å². The molecule has 0 aliphatic carbocycles. The number of hydrogen-bond acceptors (Lipinski definition) is 2. The first kappa shape index (κ1) is 9.68. The molecule has 2 aromatic rings. The molecular weight excluding hydrogens is 188 g/mol. The van der Waals surface area contributed by atoms with Crippen molar-refractivity contribution in [2.75, 3.05) is 7.05 Å². The number of nitrogens with two attached hydrogens (primary N) is 1. The maximum absolute atomic E-state index is 11.8. The lowest BCUT2D eigenvalue weighted by atomic mass is 10.0. The van der Waals surface area contributed by atoms with Crippen LogP contribution >= 0.6 is 0 Å². The van der Waals surface area contributed by atoms with Gasteiger partial charge in [-0.05, 0) is 16.8 Å². The van der Waals surface area contributed by atoms with E-state index in [9.17, 15) is 4.79 Å². The Labute approximate surface area is 88.1 Å². The fraction of sp³-hybridized carbons (Fsp3) is 0.0833. The average molecular weight is 200 g/mol. The van der Waals surface area contributed by atoms with E-state index in [-0.39, 0.29) is 5.91 Å². The van der Waals surface area contributed by atoms with Crippen molar-refractivity contribution in [2.45, 2.75) is 0 Å².